The summed E-state index contributed by atoms with van der Waals surface area (Å²) in [5.74, 6) is 1.38. The summed E-state index contributed by atoms with van der Waals surface area (Å²) in [5, 5.41) is 0. The van der Waals surface area contributed by atoms with Crippen LogP contribution in [0.25, 0.3) is 0 Å². The Bertz CT molecular complexity index is 745. The van der Waals surface area contributed by atoms with E-state index in [1.165, 1.54) is 0 Å². The number of pyridine rings is 1. The Kier molecular flexibility index (Phi) is 2.41. The summed E-state index contributed by atoms with van der Waals surface area (Å²) in [5.41, 5.74) is 2.52. The van der Waals surface area contributed by atoms with Crippen molar-refractivity contribution in [2.24, 2.45) is 4.99 Å². The van der Waals surface area contributed by atoms with Gasteiger partial charge in [-0.2, -0.15) is 0 Å². The van der Waals surface area contributed by atoms with Crippen LogP contribution in [0.15, 0.2) is 39.8 Å². The standard InChI is InChI=1S/C15H11BrN2O2/c1-19-12-6-5-11-14(18-12)15(8-20-11)7-17-10-4-2-3-9(16)13(10)15/h2-7H,8H2,1H3. The van der Waals surface area contributed by atoms with Crippen molar-refractivity contribution in [3.8, 4) is 11.6 Å². The molecule has 0 aliphatic carbocycles. The Labute approximate surface area is 124 Å². The van der Waals surface area contributed by atoms with Crippen LogP contribution in [0.2, 0.25) is 0 Å². The second kappa shape index (κ2) is 4.06. The van der Waals surface area contributed by atoms with E-state index in [-0.39, 0.29) is 0 Å². The molecule has 0 bridgehead atoms. The van der Waals surface area contributed by atoms with E-state index in [1.807, 2.05) is 36.5 Å². The monoisotopic (exact) mass is 330 g/mol. The molecule has 0 amide bonds. The van der Waals surface area contributed by atoms with Crippen molar-refractivity contribution in [3.63, 3.8) is 0 Å². The third-order valence-corrected chi connectivity index (χ3v) is 4.44. The summed E-state index contributed by atoms with van der Waals surface area (Å²) in [6.45, 7) is 0.515. The lowest BCUT2D eigenvalue weighted by molar-refractivity contribution is 0.327. The van der Waals surface area contributed by atoms with E-state index in [0.29, 0.717) is 12.5 Å². The van der Waals surface area contributed by atoms with Gasteiger partial charge in [-0.15, -0.1) is 0 Å². The van der Waals surface area contributed by atoms with Gasteiger partial charge in [0.2, 0.25) is 5.88 Å². The number of ether oxygens (including phenoxy) is 2. The molecule has 0 N–H and O–H groups in total. The first-order valence-electron chi connectivity index (χ1n) is 6.27. The Balaban J connectivity index is 1.99. The highest BCUT2D eigenvalue weighted by Gasteiger charge is 2.48. The summed E-state index contributed by atoms with van der Waals surface area (Å²) in [6, 6.07) is 9.72. The topological polar surface area (TPSA) is 43.7 Å². The highest BCUT2D eigenvalue weighted by atomic mass is 79.9. The fraction of sp³-hybridized carbons (Fsp3) is 0.200. The molecular formula is C15H11BrN2O2. The molecule has 2 aliphatic rings. The lowest BCUT2D eigenvalue weighted by Crippen LogP contribution is -2.30. The molecule has 3 heterocycles. The highest BCUT2D eigenvalue weighted by Crippen LogP contribution is 2.50. The van der Waals surface area contributed by atoms with E-state index in [1.54, 1.807) is 7.11 Å². The molecule has 1 unspecified atom stereocenters. The Morgan fingerprint density at radius 2 is 2.20 bits per heavy atom. The molecule has 1 atom stereocenters. The van der Waals surface area contributed by atoms with Crippen molar-refractivity contribution < 1.29 is 9.47 Å². The van der Waals surface area contributed by atoms with Crippen molar-refractivity contribution in [2.45, 2.75) is 5.41 Å². The molecule has 4 nitrogen and oxygen atoms in total. The van der Waals surface area contributed by atoms with Gasteiger partial charge in [0.1, 0.15) is 23.5 Å². The summed E-state index contributed by atoms with van der Waals surface area (Å²) < 4.78 is 12.1. The summed E-state index contributed by atoms with van der Waals surface area (Å²) in [4.78, 5) is 9.12. The van der Waals surface area contributed by atoms with Gasteiger partial charge in [-0.25, -0.2) is 4.98 Å². The normalized spacial score (nSPS) is 21.7. The molecule has 0 saturated heterocycles. The SMILES string of the molecule is COc1ccc2c(n1)C1(C=Nc3cccc(Br)c31)CO2. The van der Waals surface area contributed by atoms with Gasteiger partial charge in [-0.1, -0.05) is 22.0 Å². The average molecular weight is 331 g/mol. The molecule has 0 fully saturated rings. The molecule has 100 valence electrons. The molecule has 5 heteroatoms. The maximum absolute atomic E-state index is 5.82. The molecule has 1 spiro atoms. The number of methoxy groups -OCH3 is 1. The van der Waals surface area contributed by atoms with Gasteiger partial charge >= 0.3 is 0 Å². The number of hydrogen-bond donors (Lipinski definition) is 0. The van der Waals surface area contributed by atoms with Crippen LogP contribution in [0.1, 0.15) is 11.3 Å². The van der Waals surface area contributed by atoms with Crippen LogP contribution in [0.3, 0.4) is 0 Å². The number of nitrogens with zero attached hydrogens (tertiary/aromatic N) is 2. The van der Waals surface area contributed by atoms with Crippen LogP contribution < -0.4 is 9.47 Å². The fourth-order valence-corrected chi connectivity index (χ4v) is 3.54. The van der Waals surface area contributed by atoms with Crippen molar-refractivity contribution in [1.82, 2.24) is 4.98 Å². The predicted molar refractivity (Wildman–Crippen MR) is 79.4 cm³/mol. The molecule has 1 aromatic heterocycles. The first-order chi connectivity index (χ1) is 9.74. The minimum atomic E-state index is -0.417. The number of halogens is 1. The van der Waals surface area contributed by atoms with E-state index in [4.69, 9.17) is 9.47 Å². The van der Waals surface area contributed by atoms with Crippen LogP contribution in [0, 0.1) is 0 Å². The van der Waals surface area contributed by atoms with Crippen molar-refractivity contribution in [3.05, 3.63) is 46.1 Å². The predicted octanol–water partition coefficient (Wildman–Crippen LogP) is 3.25. The van der Waals surface area contributed by atoms with Gasteiger partial charge in [0, 0.05) is 22.3 Å². The third-order valence-electron chi connectivity index (χ3n) is 3.78. The number of rotatable bonds is 1. The third kappa shape index (κ3) is 1.41. The smallest absolute Gasteiger partial charge is 0.213 e. The first kappa shape index (κ1) is 11.9. The van der Waals surface area contributed by atoms with E-state index in [0.717, 1.165) is 27.2 Å². The minimum Gasteiger partial charge on any atom is -0.490 e. The molecule has 0 radical (unpaired) electrons. The maximum Gasteiger partial charge on any atom is 0.213 e. The average Bonchev–Trinajstić information content (AvgIpc) is 3.03. The van der Waals surface area contributed by atoms with E-state index >= 15 is 0 Å². The quantitative estimate of drug-likeness (QED) is 0.806. The second-order valence-electron chi connectivity index (χ2n) is 4.85. The van der Waals surface area contributed by atoms with Crippen LogP contribution in [0.5, 0.6) is 11.6 Å². The molecule has 20 heavy (non-hydrogen) atoms. The highest BCUT2D eigenvalue weighted by molar-refractivity contribution is 9.10. The fourth-order valence-electron chi connectivity index (χ4n) is 2.83. The molecule has 0 saturated carbocycles. The molecule has 2 aliphatic heterocycles. The number of fused-ring (bicyclic) bond motifs is 4. The Morgan fingerprint density at radius 3 is 3.05 bits per heavy atom. The van der Waals surface area contributed by atoms with Gasteiger partial charge in [-0.05, 0) is 18.2 Å². The van der Waals surface area contributed by atoms with Crippen LogP contribution in [0.4, 0.5) is 5.69 Å². The minimum absolute atomic E-state index is 0.417. The second-order valence-corrected chi connectivity index (χ2v) is 5.71. The Morgan fingerprint density at radius 1 is 1.30 bits per heavy atom. The number of hydrogen-bond acceptors (Lipinski definition) is 4. The lowest BCUT2D eigenvalue weighted by atomic mass is 9.81. The van der Waals surface area contributed by atoms with Crippen molar-refractivity contribution in [1.29, 1.82) is 0 Å². The largest absolute Gasteiger partial charge is 0.490 e. The molecule has 4 rings (SSSR count). The van der Waals surface area contributed by atoms with Gasteiger partial charge in [0.15, 0.2) is 0 Å². The first-order valence-corrected chi connectivity index (χ1v) is 7.06. The summed E-state index contributed by atoms with van der Waals surface area (Å²) in [7, 11) is 1.61. The number of benzene rings is 1. The molecular weight excluding hydrogens is 320 g/mol. The van der Waals surface area contributed by atoms with Crippen molar-refractivity contribution >= 4 is 27.8 Å². The van der Waals surface area contributed by atoms with E-state index in [2.05, 4.69) is 25.9 Å². The zero-order chi connectivity index (χ0) is 13.7. The molecule has 2 aromatic rings. The number of aromatic nitrogens is 1. The van der Waals surface area contributed by atoms with Crippen LogP contribution in [-0.2, 0) is 5.41 Å². The van der Waals surface area contributed by atoms with Gasteiger partial charge in [0.25, 0.3) is 0 Å². The number of aliphatic imine (C=N–C) groups is 1. The maximum atomic E-state index is 5.82. The lowest BCUT2D eigenvalue weighted by Gasteiger charge is -2.20. The zero-order valence-electron chi connectivity index (χ0n) is 10.8. The van der Waals surface area contributed by atoms with Crippen LogP contribution in [-0.4, -0.2) is 24.9 Å². The van der Waals surface area contributed by atoms with Crippen molar-refractivity contribution in [2.75, 3.05) is 13.7 Å². The van der Waals surface area contributed by atoms with E-state index in [9.17, 15) is 0 Å². The van der Waals surface area contributed by atoms with Crippen LogP contribution >= 0.6 is 15.9 Å². The molecule has 1 aromatic carbocycles. The summed E-state index contributed by atoms with van der Waals surface area (Å²) >= 11 is 3.63. The van der Waals surface area contributed by atoms with Gasteiger partial charge < -0.3 is 9.47 Å². The van der Waals surface area contributed by atoms with Gasteiger partial charge in [-0.3, -0.25) is 4.99 Å². The zero-order valence-corrected chi connectivity index (χ0v) is 12.3. The summed E-state index contributed by atoms with van der Waals surface area (Å²) in [6.07, 6.45) is 1.93. The van der Waals surface area contributed by atoms with E-state index < -0.39 is 5.41 Å². The van der Waals surface area contributed by atoms with Gasteiger partial charge in [0.05, 0.1) is 12.8 Å². The Hall–Kier alpha value is -1.88.